The molecule has 3 heteroatoms. The molecule has 0 spiro atoms. The average molecular weight is 677 g/mol. The Morgan fingerprint density at radius 1 is 0.367 bits per heavy atom. The highest BCUT2D eigenvalue weighted by molar-refractivity contribution is 7.80. The van der Waals surface area contributed by atoms with Crippen LogP contribution in [0, 0.1) is 55.4 Å². The molecule has 49 heavy (non-hydrogen) atoms. The van der Waals surface area contributed by atoms with Crippen molar-refractivity contribution in [2.75, 3.05) is 0 Å². The number of aryl methyl sites for hydroxylation is 8. The topological polar surface area (TPSA) is 9.23 Å². The van der Waals surface area contributed by atoms with Crippen LogP contribution in [-0.4, -0.2) is 0 Å². The molecule has 0 amide bonds. The molecule has 1 nitrogen and oxygen atoms in total. The van der Waals surface area contributed by atoms with Crippen LogP contribution in [0.4, 0.5) is 0 Å². The molecule has 0 saturated carbocycles. The van der Waals surface area contributed by atoms with E-state index in [0.717, 1.165) is 0 Å². The van der Waals surface area contributed by atoms with Gasteiger partial charge in [-0.3, -0.25) is 0 Å². The van der Waals surface area contributed by atoms with E-state index in [2.05, 4.69) is 165 Å². The normalized spacial score (nSPS) is 12.6. The van der Waals surface area contributed by atoms with E-state index in [1.807, 2.05) is 0 Å². The first kappa shape index (κ1) is 33.6. The number of benzene rings is 6. The van der Waals surface area contributed by atoms with Crippen LogP contribution in [-0.2, 0) is 18.0 Å². The molecule has 0 aliphatic carbocycles. The van der Waals surface area contributed by atoms with Crippen LogP contribution in [0.1, 0.15) is 55.6 Å². The zero-order valence-corrected chi connectivity index (χ0v) is 31.9. The second kappa shape index (κ2) is 13.8. The van der Waals surface area contributed by atoms with Crippen molar-refractivity contribution < 1.29 is 4.74 Å². The van der Waals surface area contributed by atoms with Crippen molar-refractivity contribution in [3.63, 3.8) is 0 Å². The average Bonchev–Trinajstić information content (AvgIpc) is 3.20. The summed E-state index contributed by atoms with van der Waals surface area (Å²) in [6, 6.07) is 42.6. The maximum Gasteiger partial charge on any atom is 0.0727 e. The van der Waals surface area contributed by atoms with Crippen LogP contribution in [0.25, 0.3) is 11.1 Å². The van der Waals surface area contributed by atoms with Gasteiger partial charge in [-0.05, 0) is 125 Å². The van der Waals surface area contributed by atoms with Crippen molar-refractivity contribution in [3.8, 4) is 11.1 Å². The largest absolute Gasteiger partial charge is 0.372 e. The van der Waals surface area contributed by atoms with Crippen molar-refractivity contribution in [1.29, 1.82) is 0 Å². The van der Waals surface area contributed by atoms with Gasteiger partial charge in [-0.15, -0.1) is 0 Å². The molecule has 0 fully saturated rings. The molecule has 7 rings (SSSR count). The van der Waals surface area contributed by atoms with Gasteiger partial charge in [0.2, 0.25) is 0 Å². The Balaban J connectivity index is 1.57. The zero-order valence-electron chi connectivity index (χ0n) is 30.1. The van der Waals surface area contributed by atoms with E-state index in [9.17, 15) is 0 Å². The summed E-state index contributed by atoms with van der Waals surface area (Å²) in [5.74, 6) is 0. The summed E-state index contributed by atoms with van der Waals surface area (Å²) in [5.41, 5.74) is 15.8. The molecule has 6 aromatic carbocycles. The van der Waals surface area contributed by atoms with Gasteiger partial charge in [0.25, 0.3) is 0 Å². The lowest BCUT2D eigenvalue weighted by Gasteiger charge is -2.29. The highest BCUT2D eigenvalue weighted by Crippen LogP contribution is 2.45. The molecule has 0 bridgehead atoms. The highest BCUT2D eigenvalue weighted by Gasteiger charge is 2.30. The number of fused-ring (bicyclic) bond motifs is 3. The summed E-state index contributed by atoms with van der Waals surface area (Å²) >= 11 is 0. The summed E-state index contributed by atoms with van der Waals surface area (Å²) in [7, 11) is -1.74. The van der Waals surface area contributed by atoms with Crippen LogP contribution >= 0.6 is 15.8 Å². The third kappa shape index (κ3) is 6.96. The van der Waals surface area contributed by atoms with E-state index in [-0.39, 0.29) is 0 Å². The van der Waals surface area contributed by atoms with Gasteiger partial charge in [-0.1, -0.05) is 154 Å². The Morgan fingerprint density at radius 2 is 0.633 bits per heavy atom. The zero-order chi connectivity index (χ0) is 34.4. The molecule has 0 N–H and O–H groups in total. The van der Waals surface area contributed by atoms with Gasteiger partial charge in [-0.2, -0.15) is 0 Å². The van der Waals surface area contributed by atoms with E-state index in [0.29, 0.717) is 13.2 Å². The Morgan fingerprint density at radius 3 is 0.898 bits per heavy atom. The van der Waals surface area contributed by atoms with Crippen LogP contribution in [0.2, 0.25) is 0 Å². The Labute approximate surface area is 295 Å². The fourth-order valence-corrected chi connectivity index (χ4v) is 13.6. The Kier molecular flexibility index (Phi) is 9.47. The van der Waals surface area contributed by atoms with E-state index in [4.69, 9.17) is 4.74 Å². The van der Waals surface area contributed by atoms with Gasteiger partial charge >= 0.3 is 0 Å². The van der Waals surface area contributed by atoms with Crippen molar-refractivity contribution in [3.05, 3.63) is 165 Å². The second-order valence-corrected chi connectivity index (χ2v) is 18.5. The van der Waals surface area contributed by atoms with Crippen molar-refractivity contribution in [1.82, 2.24) is 0 Å². The predicted octanol–water partition coefficient (Wildman–Crippen LogP) is 9.37. The molecular formula is C46H46OP2. The second-order valence-electron chi connectivity index (χ2n) is 14.2. The lowest BCUT2D eigenvalue weighted by atomic mass is 9.96. The fraction of sp³-hybridized carbons (Fsp3) is 0.217. The summed E-state index contributed by atoms with van der Waals surface area (Å²) in [4.78, 5) is 0. The molecule has 1 aliphatic heterocycles. The number of hydrogen-bond acceptors (Lipinski definition) is 1. The van der Waals surface area contributed by atoms with E-state index in [1.54, 1.807) is 0 Å². The van der Waals surface area contributed by atoms with Gasteiger partial charge in [0.1, 0.15) is 0 Å². The maximum absolute atomic E-state index is 6.51. The minimum absolute atomic E-state index is 0.602. The molecule has 0 radical (unpaired) electrons. The molecule has 0 atom stereocenters. The van der Waals surface area contributed by atoms with E-state index < -0.39 is 15.8 Å². The minimum Gasteiger partial charge on any atom is -0.372 e. The molecule has 0 saturated heterocycles. The Hall–Kier alpha value is -3.86. The van der Waals surface area contributed by atoms with Crippen molar-refractivity contribution >= 4 is 47.7 Å². The molecule has 246 valence electrons. The van der Waals surface area contributed by atoms with Crippen LogP contribution in [0.5, 0.6) is 0 Å². The summed E-state index contributed by atoms with van der Waals surface area (Å²) in [6.45, 7) is 19.1. The van der Waals surface area contributed by atoms with Gasteiger partial charge in [0, 0.05) is 0 Å². The molecular weight excluding hydrogens is 630 g/mol. The standard InChI is InChI=1S/C46H46OP2/c1-29-15-30(2)20-39(19-29)48(40-21-31(3)16-32(4)22-40)43-13-9-11-37-27-47-28-38-12-10-14-44(46(38)45(37)43)49(41-23-33(5)17-34(6)24-41)42-25-35(7)18-36(8)26-42/h9-26H,27-28H2,1-8H3. The first-order valence-electron chi connectivity index (χ1n) is 17.3. The molecule has 1 heterocycles. The van der Waals surface area contributed by atoms with E-state index >= 15 is 0 Å². The smallest absolute Gasteiger partial charge is 0.0727 e. The van der Waals surface area contributed by atoms with Crippen LogP contribution in [0.3, 0.4) is 0 Å². The molecule has 6 aromatic rings. The molecule has 0 unspecified atom stereocenters. The summed E-state index contributed by atoms with van der Waals surface area (Å²) in [6.07, 6.45) is 0. The van der Waals surface area contributed by atoms with Crippen molar-refractivity contribution in [2.45, 2.75) is 68.6 Å². The van der Waals surface area contributed by atoms with Crippen LogP contribution in [0.15, 0.2) is 109 Å². The Bertz CT molecular complexity index is 1870. The lowest BCUT2D eigenvalue weighted by molar-refractivity contribution is 0.110. The molecule has 0 aromatic heterocycles. The summed E-state index contributed by atoms with van der Waals surface area (Å²) < 4.78 is 6.51. The number of ether oxygens (including phenoxy) is 1. The summed E-state index contributed by atoms with van der Waals surface area (Å²) in [5, 5.41) is 8.44. The third-order valence-electron chi connectivity index (χ3n) is 9.36. The van der Waals surface area contributed by atoms with Gasteiger partial charge in [0.05, 0.1) is 13.2 Å². The van der Waals surface area contributed by atoms with Crippen molar-refractivity contribution in [2.24, 2.45) is 0 Å². The monoisotopic (exact) mass is 676 g/mol. The number of hydrogen-bond donors (Lipinski definition) is 0. The predicted molar refractivity (Wildman–Crippen MR) is 216 cm³/mol. The van der Waals surface area contributed by atoms with Crippen LogP contribution < -0.4 is 31.8 Å². The molecule has 1 aliphatic rings. The highest BCUT2D eigenvalue weighted by atomic mass is 31.1. The maximum atomic E-state index is 6.51. The van der Waals surface area contributed by atoms with Gasteiger partial charge in [0.15, 0.2) is 0 Å². The van der Waals surface area contributed by atoms with E-state index in [1.165, 1.54) is 98.6 Å². The van der Waals surface area contributed by atoms with Gasteiger partial charge < -0.3 is 4.74 Å². The minimum atomic E-state index is -0.871. The fourth-order valence-electron chi connectivity index (χ4n) is 7.81. The SMILES string of the molecule is Cc1cc(C)cc(P(c2cc(C)cc(C)c2)c2cccc3c2-c2c(cccc2P(c2cc(C)cc(C)c2)c2cc(C)cc(C)c2)COC3)c1. The quantitative estimate of drug-likeness (QED) is 0.160. The lowest BCUT2D eigenvalue weighted by Crippen LogP contribution is -2.27. The third-order valence-corrected chi connectivity index (χ3v) is 14.2. The van der Waals surface area contributed by atoms with Gasteiger partial charge in [-0.25, -0.2) is 0 Å². The first-order chi connectivity index (χ1) is 23.5. The first-order valence-corrected chi connectivity index (χ1v) is 20.0. The number of rotatable bonds is 6.